The molecule has 0 saturated carbocycles. The molecule has 0 aliphatic rings. The van der Waals surface area contributed by atoms with Crippen LogP contribution in [0.25, 0.3) is 0 Å². The van der Waals surface area contributed by atoms with Crippen LogP contribution in [0.2, 0.25) is 0 Å². The third kappa shape index (κ3) is 4.03. The number of nitrogens with zero attached hydrogens (tertiary/aromatic N) is 1. The van der Waals surface area contributed by atoms with Crippen molar-refractivity contribution in [2.24, 2.45) is 0 Å². The molecular formula is C14H16BrN3O2S. The van der Waals surface area contributed by atoms with Gasteiger partial charge in [0.1, 0.15) is 5.82 Å². The van der Waals surface area contributed by atoms with Crippen LogP contribution in [0.4, 0.5) is 5.82 Å². The van der Waals surface area contributed by atoms with Crippen LogP contribution in [0.3, 0.4) is 0 Å². The van der Waals surface area contributed by atoms with Crippen LogP contribution in [0.5, 0.6) is 0 Å². The van der Waals surface area contributed by atoms with E-state index in [4.69, 9.17) is 0 Å². The van der Waals surface area contributed by atoms with Crippen molar-refractivity contribution in [1.29, 1.82) is 0 Å². The Morgan fingerprint density at radius 1 is 1.29 bits per heavy atom. The Bertz CT molecular complexity index is 748. The lowest BCUT2D eigenvalue weighted by molar-refractivity contribution is 0.601. The van der Waals surface area contributed by atoms with Crippen LogP contribution in [0.15, 0.2) is 45.9 Å². The van der Waals surface area contributed by atoms with Gasteiger partial charge in [0.2, 0.25) is 0 Å². The fourth-order valence-corrected chi connectivity index (χ4v) is 3.10. The van der Waals surface area contributed by atoms with Gasteiger partial charge in [0.15, 0.2) is 0 Å². The molecule has 0 aliphatic heterocycles. The van der Waals surface area contributed by atoms with Gasteiger partial charge in [-0.15, -0.1) is 0 Å². The number of sulfonamides is 1. The topological polar surface area (TPSA) is 71.1 Å². The largest absolute Gasteiger partial charge is 0.316 e. The van der Waals surface area contributed by atoms with E-state index in [1.165, 1.54) is 0 Å². The number of hydrogen-bond acceptors (Lipinski definition) is 4. The van der Waals surface area contributed by atoms with E-state index in [1.54, 1.807) is 30.5 Å². The van der Waals surface area contributed by atoms with Crippen LogP contribution < -0.4 is 10.0 Å². The van der Waals surface area contributed by atoms with E-state index in [2.05, 4.69) is 31.0 Å². The molecule has 0 bridgehead atoms. The SMILES string of the molecule is CNCc1cccc(S(=O)(=O)Nc2cc(C)c(Br)cn2)c1. The molecular weight excluding hydrogens is 354 g/mol. The van der Waals surface area contributed by atoms with Gasteiger partial charge in [0, 0.05) is 17.2 Å². The van der Waals surface area contributed by atoms with E-state index in [-0.39, 0.29) is 4.90 Å². The lowest BCUT2D eigenvalue weighted by Gasteiger charge is -2.09. The third-order valence-corrected chi connectivity index (χ3v) is 5.06. The van der Waals surface area contributed by atoms with Crippen molar-refractivity contribution >= 4 is 31.8 Å². The summed E-state index contributed by atoms with van der Waals surface area (Å²) in [5.74, 6) is 0.301. The van der Waals surface area contributed by atoms with Gasteiger partial charge in [-0.05, 0) is 59.2 Å². The summed E-state index contributed by atoms with van der Waals surface area (Å²) in [6, 6.07) is 8.48. The summed E-state index contributed by atoms with van der Waals surface area (Å²) in [4.78, 5) is 4.28. The normalized spacial score (nSPS) is 11.4. The molecule has 1 heterocycles. The summed E-state index contributed by atoms with van der Waals surface area (Å²) in [6.07, 6.45) is 1.57. The van der Waals surface area contributed by atoms with E-state index >= 15 is 0 Å². The lowest BCUT2D eigenvalue weighted by atomic mass is 10.2. The summed E-state index contributed by atoms with van der Waals surface area (Å²) < 4.78 is 28.1. The number of aromatic nitrogens is 1. The molecule has 21 heavy (non-hydrogen) atoms. The Balaban J connectivity index is 2.29. The minimum atomic E-state index is -3.64. The average molecular weight is 370 g/mol. The second-order valence-electron chi connectivity index (χ2n) is 4.60. The smallest absolute Gasteiger partial charge is 0.263 e. The predicted octanol–water partition coefficient (Wildman–Crippen LogP) is 2.67. The molecule has 0 unspecified atom stereocenters. The van der Waals surface area contributed by atoms with Crippen molar-refractivity contribution in [3.63, 3.8) is 0 Å². The van der Waals surface area contributed by atoms with E-state index in [9.17, 15) is 8.42 Å². The molecule has 2 aromatic rings. The number of pyridine rings is 1. The summed E-state index contributed by atoms with van der Waals surface area (Å²) >= 11 is 3.33. The molecule has 2 rings (SSSR count). The highest BCUT2D eigenvalue weighted by atomic mass is 79.9. The number of aryl methyl sites for hydroxylation is 1. The zero-order valence-corrected chi connectivity index (χ0v) is 14.1. The molecule has 1 aromatic heterocycles. The highest BCUT2D eigenvalue weighted by molar-refractivity contribution is 9.10. The molecule has 7 heteroatoms. The van der Waals surface area contributed by atoms with Crippen molar-refractivity contribution < 1.29 is 8.42 Å². The van der Waals surface area contributed by atoms with Gasteiger partial charge >= 0.3 is 0 Å². The Kier molecular flexibility index (Phi) is 4.97. The number of anilines is 1. The number of hydrogen-bond donors (Lipinski definition) is 2. The van der Waals surface area contributed by atoms with E-state index in [0.717, 1.165) is 15.6 Å². The van der Waals surface area contributed by atoms with Crippen LogP contribution in [-0.2, 0) is 16.6 Å². The first kappa shape index (κ1) is 15.9. The molecule has 0 fully saturated rings. The lowest BCUT2D eigenvalue weighted by Crippen LogP contribution is -2.15. The van der Waals surface area contributed by atoms with Gasteiger partial charge < -0.3 is 5.32 Å². The minimum Gasteiger partial charge on any atom is -0.316 e. The zero-order valence-electron chi connectivity index (χ0n) is 11.7. The molecule has 0 radical (unpaired) electrons. The van der Waals surface area contributed by atoms with Gasteiger partial charge in [-0.3, -0.25) is 4.72 Å². The van der Waals surface area contributed by atoms with Crippen molar-refractivity contribution in [1.82, 2.24) is 10.3 Å². The van der Waals surface area contributed by atoms with Crippen molar-refractivity contribution in [2.75, 3.05) is 11.8 Å². The summed E-state index contributed by atoms with van der Waals surface area (Å²) in [5.41, 5.74) is 1.81. The molecule has 1 aromatic carbocycles. The molecule has 0 aliphatic carbocycles. The van der Waals surface area contributed by atoms with Crippen molar-refractivity contribution in [2.45, 2.75) is 18.4 Å². The van der Waals surface area contributed by atoms with E-state index < -0.39 is 10.0 Å². The van der Waals surface area contributed by atoms with Gasteiger partial charge in [-0.1, -0.05) is 12.1 Å². The standard InChI is InChI=1S/C14H16BrN3O2S/c1-10-6-14(17-9-13(10)15)18-21(19,20)12-5-3-4-11(7-12)8-16-2/h3-7,9,16H,8H2,1-2H3,(H,17,18). The summed E-state index contributed by atoms with van der Waals surface area (Å²) in [5, 5.41) is 2.99. The molecule has 0 amide bonds. The highest BCUT2D eigenvalue weighted by Crippen LogP contribution is 2.20. The summed E-state index contributed by atoms with van der Waals surface area (Å²) in [7, 11) is -1.83. The van der Waals surface area contributed by atoms with Gasteiger partial charge in [0.25, 0.3) is 10.0 Å². The Labute approximate surface area is 133 Å². The fraction of sp³-hybridized carbons (Fsp3) is 0.214. The highest BCUT2D eigenvalue weighted by Gasteiger charge is 2.15. The maximum Gasteiger partial charge on any atom is 0.263 e. The van der Waals surface area contributed by atoms with Crippen LogP contribution in [0, 0.1) is 6.92 Å². The first-order chi connectivity index (χ1) is 9.92. The average Bonchev–Trinajstić information content (AvgIpc) is 2.43. The Morgan fingerprint density at radius 2 is 2.05 bits per heavy atom. The van der Waals surface area contributed by atoms with E-state index in [0.29, 0.717) is 12.4 Å². The van der Waals surface area contributed by atoms with Gasteiger partial charge in [-0.2, -0.15) is 0 Å². The Hall–Kier alpha value is -1.44. The Morgan fingerprint density at radius 3 is 2.71 bits per heavy atom. The maximum atomic E-state index is 12.4. The number of benzene rings is 1. The molecule has 0 spiro atoms. The first-order valence-electron chi connectivity index (χ1n) is 6.31. The van der Waals surface area contributed by atoms with Crippen molar-refractivity contribution in [3.8, 4) is 0 Å². The second kappa shape index (κ2) is 6.55. The maximum absolute atomic E-state index is 12.4. The number of nitrogens with one attached hydrogen (secondary N) is 2. The molecule has 0 atom stereocenters. The number of halogens is 1. The van der Waals surface area contributed by atoms with Crippen molar-refractivity contribution in [3.05, 3.63) is 52.1 Å². The molecule has 112 valence electrons. The zero-order chi connectivity index (χ0) is 15.5. The molecule has 2 N–H and O–H groups in total. The molecule has 0 saturated heterocycles. The predicted molar refractivity (Wildman–Crippen MR) is 86.7 cm³/mol. The third-order valence-electron chi connectivity index (χ3n) is 2.88. The van der Waals surface area contributed by atoms with Gasteiger partial charge in [-0.25, -0.2) is 13.4 Å². The minimum absolute atomic E-state index is 0.220. The van der Waals surface area contributed by atoms with Crippen LogP contribution in [0.1, 0.15) is 11.1 Å². The second-order valence-corrected chi connectivity index (χ2v) is 7.14. The number of rotatable bonds is 5. The molecule has 5 nitrogen and oxygen atoms in total. The quantitative estimate of drug-likeness (QED) is 0.849. The fourth-order valence-electron chi connectivity index (χ4n) is 1.82. The summed E-state index contributed by atoms with van der Waals surface area (Å²) in [6.45, 7) is 2.48. The van der Waals surface area contributed by atoms with E-state index in [1.807, 2.05) is 20.0 Å². The van der Waals surface area contributed by atoms with Crippen LogP contribution >= 0.6 is 15.9 Å². The first-order valence-corrected chi connectivity index (χ1v) is 8.58. The van der Waals surface area contributed by atoms with Crippen LogP contribution in [-0.4, -0.2) is 20.4 Å². The van der Waals surface area contributed by atoms with Gasteiger partial charge in [0.05, 0.1) is 4.90 Å². The monoisotopic (exact) mass is 369 g/mol.